The Labute approximate surface area is 189 Å². The number of imide groups is 1. The first-order valence-corrected chi connectivity index (χ1v) is 10.4. The Morgan fingerprint density at radius 2 is 1.58 bits per heavy atom. The van der Waals surface area contributed by atoms with Crippen LogP contribution in [-0.2, 0) is 0 Å². The minimum atomic E-state index is -0.359. The lowest BCUT2D eigenvalue weighted by atomic mass is 10.1. The molecule has 3 amide bonds. The van der Waals surface area contributed by atoms with Gasteiger partial charge in [-0.05, 0) is 55.0 Å². The van der Waals surface area contributed by atoms with Gasteiger partial charge in [-0.1, -0.05) is 47.5 Å². The molecule has 0 saturated heterocycles. The van der Waals surface area contributed by atoms with Crippen molar-refractivity contribution in [2.75, 3.05) is 18.0 Å². The molecule has 0 fully saturated rings. The van der Waals surface area contributed by atoms with Gasteiger partial charge >= 0.3 is 0 Å². The first-order valence-electron chi connectivity index (χ1n) is 9.65. The first kappa shape index (κ1) is 21.1. The fourth-order valence-corrected chi connectivity index (χ4v) is 4.08. The summed E-state index contributed by atoms with van der Waals surface area (Å²) in [5.74, 6) is -1.06. The molecule has 0 N–H and O–H groups in total. The molecule has 0 spiro atoms. The van der Waals surface area contributed by atoms with Crippen LogP contribution in [0.5, 0.6) is 0 Å². The Morgan fingerprint density at radius 3 is 2.19 bits per heavy atom. The van der Waals surface area contributed by atoms with Crippen molar-refractivity contribution in [2.24, 2.45) is 0 Å². The van der Waals surface area contributed by atoms with Gasteiger partial charge in [-0.2, -0.15) is 0 Å². The summed E-state index contributed by atoms with van der Waals surface area (Å²) in [5, 5.41) is 0.658. The van der Waals surface area contributed by atoms with E-state index in [4.69, 9.17) is 23.2 Å². The quantitative estimate of drug-likeness (QED) is 0.497. The summed E-state index contributed by atoms with van der Waals surface area (Å²) in [7, 11) is 0. The van der Waals surface area contributed by atoms with E-state index >= 15 is 0 Å². The number of amides is 3. The molecule has 0 unspecified atom stereocenters. The summed E-state index contributed by atoms with van der Waals surface area (Å²) in [4.78, 5) is 41.5. The van der Waals surface area contributed by atoms with E-state index in [0.29, 0.717) is 21.8 Å². The zero-order chi connectivity index (χ0) is 22.1. The molecule has 31 heavy (non-hydrogen) atoms. The molecule has 1 aliphatic rings. The normalized spacial score (nSPS) is 12.8. The van der Waals surface area contributed by atoms with Gasteiger partial charge in [0, 0.05) is 23.8 Å². The summed E-state index contributed by atoms with van der Waals surface area (Å²) in [6.07, 6.45) is 0. The number of fused-ring (bicyclic) bond motifs is 1. The van der Waals surface area contributed by atoms with Crippen LogP contribution in [0.3, 0.4) is 0 Å². The van der Waals surface area contributed by atoms with Crippen LogP contribution in [0.15, 0.2) is 66.7 Å². The van der Waals surface area contributed by atoms with Crippen molar-refractivity contribution in [2.45, 2.75) is 6.92 Å². The first-order chi connectivity index (χ1) is 14.9. The maximum Gasteiger partial charge on any atom is 0.261 e. The highest BCUT2D eigenvalue weighted by atomic mass is 35.5. The molecule has 0 saturated carbocycles. The van der Waals surface area contributed by atoms with Crippen molar-refractivity contribution in [3.8, 4) is 0 Å². The second kappa shape index (κ2) is 8.53. The number of hydrogen-bond donors (Lipinski definition) is 0. The zero-order valence-corrected chi connectivity index (χ0v) is 18.2. The molecule has 1 heterocycles. The summed E-state index contributed by atoms with van der Waals surface area (Å²) in [5.41, 5.74) is 2.66. The molecule has 7 heteroatoms. The summed E-state index contributed by atoms with van der Waals surface area (Å²) in [6, 6.07) is 18.8. The molecule has 0 bridgehead atoms. The fraction of sp³-hybridized carbons (Fsp3) is 0.125. The van der Waals surface area contributed by atoms with Crippen LogP contribution in [0.4, 0.5) is 5.69 Å². The highest BCUT2D eigenvalue weighted by Crippen LogP contribution is 2.27. The minimum Gasteiger partial charge on any atom is -0.307 e. The van der Waals surface area contributed by atoms with Crippen molar-refractivity contribution in [3.05, 3.63) is 99.0 Å². The number of rotatable bonds is 5. The molecule has 0 atom stereocenters. The maximum absolute atomic E-state index is 13.4. The number of benzene rings is 3. The van der Waals surface area contributed by atoms with Crippen molar-refractivity contribution >= 4 is 46.6 Å². The molecule has 0 aliphatic carbocycles. The van der Waals surface area contributed by atoms with E-state index in [1.54, 1.807) is 42.5 Å². The van der Waals surface area contributed by atoms with Crippen LogP contribution >= 0.6 is 23.2 Å². The Morgan fingerprint density at radius 1 is 0.903 bits per heavy atom. The van der Waals surface area contributed by atoms with Crippen molar-refractivity contribution in [1.82, 2.24) is 4.90 Å². The monoisotopic (exact) mass is 452 g/mol. The van der Waals surface area contributed by atoms with Crippen molar-refractivity contribution < 1.29 is 14.4 Å². The largest absolute Gasteiger partial charge is 0.307 e. The molecular formula is C24H18Cl2N2O3. The fourth-order valence-electron chi connectivity index (χ4n) is 3.59. The molecule has 5 nitrogen and oxygen atoms in total. The van der Waals surface area contributed by atoms with Gasteiger partial charge in [0.15, 0.2) is 0 Å². The zero-order valence-electron chi connectivity index (χ0n) is 16.6. The standard InChI is InChI=1S/C24H18Cl2N2O3/c1-15-5-4-6-17(13-15)27(24(31)20-10-9-16(25)14-21(20)26)11-12-28-22(29)18-7-2-3-8-19(18)23(28)30/h2-10,13-14H,11-12H2,1H3. The van der Waals surface area contributed by atoms with Crippen LogP contribution in [0.25, 0.3) is 0 Å². The van der Waals surface area contributed by atoms with E-state index in [-0.39, 0.29) is 41.4 Å². The SMILES string of the molecule is Cc1cccc(N(CCN2C(=O)c3ccccc3C2=O)C(=O)c2ccc(Cl)cc2Cl)c1. The molecule has 4 rings (SSSR count). The van der Waals surface area contributed by atoms with E-state index in [1.165, 1.54) is 15.9 Å². The molecule has 3 aromatic rings. The van der Waals surface area contributed by atoms with Gasteiger partial charge in [-0.3, -0.25) is 19.3 Å². The highest BCUT2D eigenvalue weighted by Gasteiger charge is 2.35. The molecule has 3 aromatic carbocycles. The van der Waals surface area contributed by atoms with Gasteiger partial charge in [-0.25, -0.2) is 0 Å². The Hall–Kier alpha value is -3.15. The third-order valence-electron chi connectivity index (χ3n) is 5.15. The number of aryl methyl sites for hydroxylation is 1. The second-order valence-corrected chi connectivity index (χ2v) is 8.07. The van der Waals surface area contributed by atoms with E-state index < -0.39 is 0 Å². The van der Waals surface area contributed by atoms with Gasteiger partial charge in [-0.15, -0.1) is 0 Å². The minimum absolute atomic E-state index is 0.0528. The summed E-state index contributed by atoms with van der Waals surface area (Å²) >= 11 is 12.2. The summed E-state index contributed by atoms with van der Waals surface area (Å²) < 4.78 is 0. The third kappa shape index (κ3) is 4.07. The van der Waals surface area contributed by atoms with Crippen molar-refractivity contribution in [1.29, 1.82) is 0 Å². The van der Waals surface area contributed by atoms with E-state index in [1.807, 2.05) is 25.1 Å². The van der Waals surface area contributed by atoms with Gasteiger partial charge in [0.25, 0.3) is 17.7 Å². The maximum atomic E-state index is 13.4. The number of carbonyl (C=O) groups is 3. The lowest BCUT2D eigenvalue weighted by molar-refractivity contribution is 0.0654. The van der Waals surface area contributed by atoms with Gasteiger partial charge in [0.1, 0.15) is 0 Å². The summed E-state index contributed by atoms with van der Waals surface area (Å²) in [6.45, 7) is 2.09. The van der Waals surface area contributed by atoms with Crippen LogP contribution in [0.1, 0.15) is 36.6 Å². The number of carbonyl (C=O) groups excluding carboxylic acids is 3. The Kier molecular flexibility index (Phi) is 5.81. The molecule has 0 radical (unpaired) electrons. The molecule has 1 aliphatic heterocycles. The van der Waals surface area contributed by atoms with Crippen LogP contribution < -0.4 is 4.90 Å². The predicted octanol–water partition coefficient (Wildman–Crippen LogP) is 5.24. The van der Waals surface area contributed by atoms with Crippen LogP contribution in [-0.4, -0.2) is 35.7 Å². The smallest absolute Gasteiger partial charge is 0.261 e. The number of hydrogen-bond acceptors (Lipinski definition) is 3. The Bertz CT molecular complexity index is 1170. The lowest BCUT2D eigenvalue weighted by Gasteiger charge is -2.26. The predicted molar refractivity (Wildman–Crippen MR) is 121 cm³/mol. The number of nitrogens with zero attached hydrogens (tertiary/aromatic N) is 2. The van der Waals surface area contributed by atoms with Crippen molar-refractivity contribution in [3.63, 3.8) is 0 Å². The average Bonchev–Trinajstić information content (AvgIpc) is 2.99. The number of halogens is 2. The topological polar surface area (TPSA) is 57.7 Å². The van der Waals surface area contributed by atoms with Gasteiger partial charge in [0.2, 0.25) is 0 Å². The molecular weight excluding hydrogens is 435 g/mol. The lowest BCUT2D eigenvalue weighted by Crippen LogP contribution is -2.41. The van der Waals surface area contributed by atoms with E-state index in [2.05, 4.69) is 0 Å². The van der Waals surface area contributed by atoms with Gasteiger partial charge in [0.05, 0.1) is 21.7 Å². The number of anilines is 1. The molecule has 0 aromatic heterocycles. The van der Waals surface area contributed by atoms with Gasteiger partial charge < -0.3 is 4.90 Å². The Balaban J connectivity index is 1.64. The third-order valence-corrected chi connectivity index (χ3v) is 5.69. The van der Waals surface area contributed by atoms with E-state index in [0.717, 1.165) is 5.56 Å². The average molecular weight is 453 g/mol. The van der Waals surface area contributed by atoms with Crippen LogP contribution in [0.2, 0.25) is 10.0 Å². The van der Waals surface area contributed by atoms with Crippen LogP contribution in [0, 0.1) is 6.92 Å². The van der Waals surface area contributed by atoms with E-state index in [9.17, 15) is 14.4 Å². The highest BCUT2D eigenvalue weighted by molar-refractivity contribution is 6.37. The molecule has 156 valence electrons. The second-order valence-electron chi connectivity index (χ2n) is 7.23.